The van der Waals surface area contributed by atoms with Gasteiger partial charge in [0.25, 0.3) is 0 Å². The summed E-state index contributed by atoms with van der Waals surface area (Å²) in [6, 6.07) is 0. The van der Waals surface area contributed by atoms with Crippen LogP contribution in [-0.4, -0.2) is 26.4 Å². The van der Waals surface area contributed by atoms with Gasteiger partial charge in [0, 0.05) is 12.0 Å². The van der Waals surface area contributed by atoms with Gasteiger partial charge in [-0.15, -0.1) is 10.2 Å². The quantitative estimate of drug-likeness (QED) is 0.632. The van der Waals surface area contributed by atoms with Gasteiger partial charge in [-0.3, -0.25) is 0 Å². The maximum Gasteiger partial charge on any atom is 0.181 e. The molecule has 4 nitrogen and oxygen atoms in total. The number of halogens is 1. The Labute approximate surface area is 123 Å². The van der Waals surface area contributed by atoms with E-state index in [1.807, 2.05) is 20.1 Å². The first-order valence-electron chi connectivity index (χ1n) is 5.22. The van der Waals surface area contributed by atoms with Gasteiger partial charge < -0.3 is 0 Å². The highest BCUT2D eigenvalue weighted by molar-refractivity contribution is 8.03. The van der Waals surface area contributed by atoms with Crippen LogP contribution in [-0.2, 0) is 6.42 Å². The average Bonchev–Trinajstić information content (AvgIpc) is 2.82. The van der Waals surface area contributed by atoms with Crippen LogP contribution in [0.25, 0.3) is 0 Å². The van der Waals surface area contributed by atoms with Crippen molar-refractivity contribution in [2.75, 3.05) is 6.26 Å². The van der Waals surface area contributed by atoms with Crippen molar-refractivity contribution in [3.63, 3.8) is 0 Å². The predicted octanol–water partition coefficient (Wildman–Crippen LogP) is 3.73. The van der Waals surface area contributed by atoms with Gasteiger partial charge in [-0.2, -0.15) is 0 Å². The van der Waals surface area contributed by atoms with E-state index in [0.29, 0.717) is 5.15 Å². The number of hydrogen-bond donors (Lipinski definition) is 0. The fourth-order valence-electron chi connectivity index (χ4n) is 1.17. The Morgan fingerprint density at radius 3 is 2.56 bits per heavy atom. The van der Waals surface area contributed by atoms with Crippen molar-refractivity contribution in [2.45, 2.75) is 34.0 Å². The third-order valence-corrected chi connectivity index (χ3v) is 5.56. The second-order valence-electron chi connectivity index (χ2n) is 3.35. The van der Waals surface area contributed by atoms with Crippen LogP contribution < -0.4 is 0 Å². The first-order valence-corrected chi connectivity index (χ1v) is 8.46. The molecule has 0 radical (unpaired) electrons. The van der Waals surface area contributed by atoms with E-state index in [2.05, 4.69) is 20.2 Å². The molecular formula is C10H11ClN4S3. The largest absolute Gasteiger partial charge is 0.226 e. The van der Waals surface area contributed by atoms with Crippen molar-refractivity contribution < 1.29 is 0 Å². The summed E-state index contributed by atoms with van der Waals surface area (Å²) in [5.41, 5.74) is 0.889. The van der Waals surface area contributed by atoms with E-state index in [9.17, 15) is 0 Å². The topological polar surface area (TPSA) is 51.6 Å². The van der Waals surface area contributed by atoms with Gasteiger partial charge in [0.05, 0.1) is 0 Å². The van der Waals surface area contributed by atoms with Gasteiger partial charge in [0.15, 0.2) is 8.68 Å². The number of aromatic nitrogens is 4. The zero-order valence-electron chi connectivity index (χ0n) is 10.1. The Hall–Kier alpha value is -0.370. The van der Waals surface area contributed by atoms with Crippen LogP contribution in [0, 0.1) is 6.92 Å². The molecule has 0 amide bonds. The lowest BCUT2D eigenvalue weighted by Gasteiger charge is -2.05. The normalized spacial score (nSPS) is 10.9. The minimum Gasteiger partial charge on any atom is -0.226 e. The number of hydrogen-bond acceptors (Lipinski definition) is 7. The third kappa shape index (κ3) is 3.14. The standard InChI is InChI=1S/C10H11ClN4S3/c1-4-6-12-7(11)5(2)8(13-6)17-10-15-14-9(16-3)18-10/h4H2,1-3H3. The maximum atomic E-state index is 6.10. The summed E-state index contributed by atoms with van der Waals surface area (Å²) in [4.78, 5) is 8.70. The van der Waals surface area contributed by atoms with Crippen LogP contribution in [0.2, 0.25) is 5.15 Å². The van der Waals surface area contributed by atoms with Gasteiger partial charge in [0.2, 0.25) is 0 Å². The van der Waals surface area contributed by atoms with Crippen molar-refractivity contribution in [1.82, 2.24) is 20.2 Å². The third-order valence-electron chi connectivity index (χ3n) is 2.15. The maximum absolute atomic E-state index is 6.10. The monoisotopic (exact) mass is 318 g/mol. The fraction of sp³-hybridized carbons (Fsp3) is 0.400. The van der Waals surface area contributed by atoms with Crippen molar-refractivity contribution in [3.05, 3.63) is 16.5 Å². The highest BCUT2D eigenvalue weighted by Gasteiger charge is 2.13. The van der Waals surface area contributed by atoms with Crippen LogP contribution in [0.5, 0.6) is 0 Å². The molecule has 0 spiro atoms. The van der Waals surface area contributed by atoms with Gasteiger partial charge in [-0.1, -0.05) is 41.6 Å². The summed E-state index contributed by atoms with van der Waals surface area (Å²) in [5, 5.41) is 9.55. The first kappa shape index (κ1) is 14.0. The molecule has 18 heavy (non-hydrogen) atoms. The fourth-order valence-corrected chi connectivity index (χ4v) is 3.87. The smallest absolute Gasteiger partial charge is 0.181 e. The molecule has 0 aromatic carbocycles. The Kier molecular flexibility index (Phi) is 4.83. The number of nitrogens with zero attached hydrogens (tertiary/aromatic N) is 4. The second-order valence-corrected chi connectivity index (χ2v) is 6.98. The number of rotatable bonds is 4. The highest BCUT2D eigenvalue weighted by atomic mass is 35.5. The molecule has 0 aliphatic heterocycles. The molecule has 0 aliphatic carbocycles. The zero-order chi connectivity index (χ0) is 13.1. The molecule has 0 saturated heterocycles. The molecule has 2 heterocycles. The van der Waals surface area contributed by atoms with Crippen molar-refractivity contribution in [1.29, 1.82) is 0 Å². The second kappa shape index (κ2) is 6.18. The summed E-state index contributed by atoms with van der Waals surface area (Å²) in [7, 11) is 0. The zero-order valence-corrected chi connectivity index (χ0v) is 13.3. The Balaban J connectivity index is 2.30. The molecule has 0 fully saturated rings. The van der Waals surface area contributed by atoms with Crippen LogP contribution in [0.3, 0.4) is 0 Å². The van der Waals surface area contributed by atoms with E-state index in [-0.39, 0.29) is 0 Å². The van der Waals surface area contributed by atoms with Crippen molar-refractivity contribution in [3.8, 4) is 0 Å². The summed E-state index contributed by atoms with van der Waals surface area (Å²) in [5.74, 6) is 0.753. The Morgan fingerprint density at radius 2 is 1.94 bits per heavy atom. The molecule has 0 N–H and O–H groups in total. The molecule has 2 aromatic rings. The summed E-state index contributed by atoms with van der Waals surface area (Å²) < 4.78 is 1.82. The van der Waals surface area contributed by atoms with E-state index in [0.717, 1.165) is 31.5 Å². The molecule has 0 unspecified atom stereocenters. The van der Waals surface area contributed by atoms with E-state index in [1.165, 1.54) is 11.8 Å². The minimum atomic E-state index is 0.513. The SMILES string of the molecule is CCc1nc(Cl)c(C)c(Sc2nnc(SC)s2)n1. The van der Waals surface area contributed by atoms with Crippen molar-refractivity contribution >= 4 is 46.5 Å². The number of aryl methyl sites for hydroxylation is 1. The summed E-state index contributed by atoms with van der Waals surface area (Å²) in [6.45, 7) is 3.92. The molecule has 8 heteroatoms. The molecule has 0 atom stereocenters. The van der Waals surface area contributed by atoms with Crippen LogP contribution in [0.4, 0.5) is 0 Å². The van der Waals surface area contributed by atoms with E-state index >= 15 is 0 Å². The van der Waals surface area contributed by atoms with Crippen LogP contribution >= 0.6 is 46.5 Å². The molecule has 96 valence electrons. The van der Waals surface area contributed by atoms with Gasteiger partial charge >= 0.3 is 0 Å². The van der Waals surface area contributed by atoms with E-state index in [1.54, 1.807) is 23.1 Å². The lowest BCUT2D eigenvalue weighted by atomic mass is 10.3. The molecule has 0 saturated carbocycles. The van der Waals surface area contributed by atoms with Crippen LogP contribution in [0.1, 0.15) is 18.3 Å². The molecule has 0 bridgehead atoms. The Bertz CT molecular complexity index is 558. The summed E-state index contributed by atoms with van der Waals surface area (Å²) >= 11 is 10.7. The first-order chi connectivity index (χ1) is 8.63. The molecule has 2 rings (SSSR count). The van der Waals surface area contributed by atoms with E-state index < -0.39 is 0 Å². The van der Waals surface area contributed by atoms with Gasteiger partial charge in [-0.05, 0) is 24.9 Å². The van der Waals surface area contributed by atoms with Crippen molar-refractivity contribution in [2.24, 2.45) is 0 Å². The van der Waals surface area contributed by atoms with Gasteiger partial charge in [0.1, 0.15) is 16.0 Å². The van der Waals surface area contributed by atoms with E-state index in [4.69, 9.17) is 11.6 Å². The molecule has 0 aliphatic rings. The van der Waals surface area contributed by atoms with Crippen LogP contribution in [0.15, 0.2) is 13.7 Å². The number of thioether (sulfide) groups is 1. The lowest BCUT2D eigenvalue weighted by molar-refractivity contribution is 0.869. The predicted molar refractivity (Wildman–Crippen MR) is 77.0 cm³/mol. The van der Waals surface area contributed by atoms with Gasteiger partial charge in [-0.25, -0.2) is 9.97 Å². The highest BCUT2D eigenvalue weighted by Crippen LogP contribution is 2.34. The molecule has 2 aromatic heterocycles. The average molecular weight is 319 g/mol. The lowest BCUT2D eigenvalue weighted by Crippen LogP contribution is -1.98. The summed E-state index contributed by atoms with van der Waals surface area (Å²) in [6.07, 6.45) is 2.75. The molecular weight excluding hydrogens is 308 g/mol. The minimum absolute atomic E-state index is 0.513. The Morgan fingerprint density at radius 1 is 1.22 bits per heavy atom.